The van der Waals surface area contributed by atoms with Crippen LogP contribution in [0.15, 0.2) is 158 Å². The molecule has 0 unspecified atom stereocenters. The van der Waals surface area contributed by atoms with E-state index in [0.29, 0.717) is 5.82 Å². The molecule has 0 amide bonds. The SMILES string of the molecule is c1ccc(-c2nc(-c3ccccc3)c3sc4ncc(-c5ccc(-c6cc(-c7cccnc7)nc(-c7ccccn7)c6)cc5)cc4c3n2)cc1. The average Bonchev–Trinajstić information content (AvgIpc) is 3.57. The fourth-order valence-electron chi connectivity index (χ4n) is 6.06. The van der Waals surface area contributed by atoms with Gasteiger partial charge in [0.1, 0.15) is 4.83 Å². The van der Waals surface area contributed by atoms with Crippen molar-refractivity contribution in [3.8, 4) is 67.5 Å². The quantitative estimate of drug-likeness (QED) is 0.179. The zero-order valence-corrected chi connectivity index (χ0v) is 26.9. The smallest absolute Gasteiger partial charge is 0.160 e. The summed E-state index contributed by atoms with van der Waals surface area (Å²) in [6.45, 7) is 0. The molecule has 9 aromatic rings. The van der Waals surface area contributed by atoms with Crippen molar-refractivity contribution in [1.82, 2.24) is 29.9 Å². The van der Waals surface area contributed by atoms with E-state index >= 15 is 0 Å². The van der Waals surface area contributed by atoms with Gasteiger partial charge in [-0.1, -0.05) is 91.0 Å². The van der Waals surface area contributed by atoms with Crippen molar-refractivity contribution in [3.05, 3.63) is 158 Å². The minimum Gasteiger partial charge on any atom is -0.264 e. The molecule has 0 saturated heterocycles. The van der Waals surface area contributed by atoms with Crippen LogP contribution in [0.25, 0.3) is 88.0 Å². The number of rotatable bonds is 6. The highest BCUT2D eigenvalue weighted by Crippen LogP contribution is 2.40. The molecule has 6 aromatic heterocycles. The molecular formula is C42H26N6S. The van der Waals surface area contributed by atoms with Crippen LogP contribution in [0.4, 0.5) is 0 Å². The molecule has 0 radical (unpaired) electrons. The highest BCUT2D eigenvalue weighted by atomic mass is 32.1. The Morgan fingerprint density at radius 2 is 1.14 bits per heavy atom. The van der Waals surface area contributed by atoms with Gasteiger partial charge in [0.25, 0.3) is 0 Å². The minimum atomic E-state index is 0.703. The van der Waals surface area contributed by atoms with E-state index in [9.17, 15) is 0 Å². The summed E-state index contributed by atoms with van der Waals surface area (Å²) in [5.74, 6) is 0.703. The molecular weight excluding hydrogens is 621 g/mol. The molecule has 49 heavy (non-hydrogen) atoms. The molecule has 0 N–H and O–H groups in total. The molecule has 6 nitrogen and oxygen atoms in total. The Morgan fingerprint density at radius 1 is 0.429 bits per heavy atom. The Bertz CT molecular complexity index is 2510. The van der Waals surface area contributed by atoms with Crippen LogP contribution >= 0.6 is 11.3 Å². The number of aromatic nitrogens is 6. The van der Waals surface area contributed by atoms with E-state index < -0.39 is 0 Å². The third-order valence-corrected chi connectivity index (χ3v) is 9.62. The van der Waals surface area contributed by atoms with Crippen LogP contribution in [0, 0.1) is 0 Å². The predicted octanol–water partition coefficient (Wildman–Crippen LogP) is 10.4. The molecule has 0 aliphatic rings. The summed E-state index contributed by atoms with van der Waals surface area (Å²) < 4.78 is 1.03. The second-order valence-corrected chi connectivity index (χ2v) is 12.6. The van der Waals surface area contributed by atoms with Crippen LogP contribution in [-0.4, -0.2) is 29.9 Å². The van der Waals surface area contributed by atoms with Crippen molar-refractivity contribution >= 4 is 31.8 Å². The molecule has 230 valence electrons. The fraction of sp³-hybridized carbons (Fsp3) is 0. The van der Waals surface area contributed by atoms with E-state index in [0.717, 1.165) is 82.2 Å². The zero-order chi connectivity index (χ0) is 32.6. The van der Waals surface area contributed by atoms with E-state index in [1.165, 1.54) is 0 Å². The molecule has 0 aliphatic heterocycles. The van der Waals surface area contributed by atoms with Gasteiger partial charge in [0.2, 0.25) is 0 Å². The summed E-state index contributed by atoms with van der Waals surface area (Å²) >= 11 is 1.64. The number of thiophene rings is 1. The highest BCUT2D eigenvalue weighted by Gasteiger charge is 2.18. The minimum absolute atomic E-state index is 0.703. The maximum Gasteiger partial charge on any atom is 0.160 e. The Hall–Kier alpha value is -6.44. The first-order valence-corrected chi connectivity index (χ1v) is 16.7. The lowest BCUT2D eigenvalue weighted by molar-refractivity contribution is 1.24. The van der Waals surface area contributed by atoms with Gasteiger partial charge in [-0.25, -0.2) is 19.9 Å². The molecule has 0 fully saturated rings. The van der Waals surface area contributed by atoms with Crippen molar-refractivity contribution in [2.75, 3.05) is 0 Å². The topological polar surface area (TPSA) is 77.3 Å². The van der Waals surface area contributed by atoms with Gasteiger partial charge in [-0.05, 0) is 59.2 Å². The monoisotopic (exact) mass is 646 g/mol. The fourth-order valence-corrected chi connectivity index (χ4v) is 7.13. The summed E-state index contributed by atoms with van der Waals surface area (Å²) in [6, 6.07) is 45.3. The van der Waals surface area contributed by atoms with Crippen molar-refractivity contribution in [2.45, 2.75) is 0 Å². The number of pyridine rings is 4. The van der Waals surface area contributed by atoms with Crippen molar-refractivity contribution in [3.63, 3.8) is 0 Å². The molecule has 0 aliphatic carbocycles. The predicted molar refractivity (Wildman–Crippen MR) is 199 cm³/mol. The summed E-state index contributed by atoms with van der Waals surface area (Å²) in [7, 11) is 0. The first kappa shape index (κ1) is 28.8. The zero-order valence-electron chi connectivity index (χ0n) is 26.1. The van der Waals surface area contributed by atoms with Gasteiger partial charge < -0.3 is 0 Å². The van der Waals surface area contributed by atoms with E-state index in [1.54, 1.807) is 23.7 Å². The molecule has 9 rings (SSSR count). The van der Waals surface area contributed by atoms with Gasteiger partial charge in [-0.3, -0.25) is 9.97 Å². The van der Waals surface area contributed by atoms with Gasteiger partial charge in [0, 0.05) is 52.4 Å². The number of hydrogen-bond donors (Lipinski definition) is 0. The molecule has 6 heterocycles. The molecule has 3 aromatic carbocycles. The number of hydrogen-bond acceptors (Lipinski definition) is 7. The second kappa shape index (κ2) is 12.3. The lowest BCUT2D eigenvalue weighted by Gasteiger charge is -2.10. The average molecular weight is 647 g/mol. The van der Waals surface area contributed by atoms with Crippen LogP contribution in [-0.2, 0) is 0 Å². The van der Waals surface area contributed by atoms with E-state index in [1.807, 2.05) is 79.1 Å². The van der Waals surface area contributed by atoms with E-state index in [-0.39, 0.29) is 0 Å². The van der Waals surface area contributed by atoms with Crippen molar-refractivity contribution in [2.24, 2.45) is 0 Å². The summed E-state index contributed by atoms with van der Waals surface area (Å²) in [5, 5.41) is 1.02. The number of benzene rings is 3. The maximum absolute atomic E-state index is 5.12. The van der Waals surface area contributed by atoms with Crippen molar-refractivity contribution in [1.29, 1.82) is 0 Å². The van der Waals surface area contributed by atoms with Gasteiger partial charge in [0.05, 0.1) is 33.0 Å². The Balaban J connectivity index is 1.14. The van der Waals surface area contributed by atoms with Crippen LogP contribution in [0.5, 0.6) is 0 Å². The summed E-state index contributed by atoms with van der Waals surface area (Å²) in [6.07, 6.45) is 7.35. The van der Waals surface area contributed by atoms with Gasteiger partial charge >= 0.3 is 0 Å². The first-order chi connectivity index (χ1) is 24.3. The van der Waals surface area contributed by atoms with Crippen LogP contribution in [0.2, 0.25) is 0 Å². The molecule has 0 saturated carbocycles. The molecule has 0 atom stereocenters. The Morgan fingerprint density at radius 3 is 1.88 bits per heavy atom. The Kier molecular flexibility index (Phi) is 7.22. The lowest BCUT2D eigenvalue weighted by Crippen LogP contribution is -1.93. The third kappa shape index (κ3) is 5.52. The van der Waals surface area contributed by atoms with Crippen LogP contribution in [0.1, 0.15) is 0 Å². The lowest BCUT2D eigenvalue weighted by atomic mass is 9.99. The highest BCUT2D eigenvalue weighted by molar-refractivity contribution is 7.25. The summed E-state index contributed by atoms with van der Waals surface area (Å²) in [4.78, 5) is 29.9. The summed E-state index contributed by atoms with van der Waals surface area (Å²) in [5.41, 5.74) is 11.5. The number of fused-ring (bicyclic) bond motifs is 3. The standard InChI is InChI=1S/C42H26N6S/c1-3-10-29(11-4-1)38-40-39(48-41(47-38)30-12-5-2-6-13-30)34-22-33(26-45-42(34)49-40)28-18-16-27(17-19-28)32-23-36(31-14-9-20-43-25-31)46-37(24-32)35-15-7-8-21-44-35/h1-26H. The molecule has 0 bridgehead atoms. The van der Waals surface area contributed by atoms with Gasteiger partial charge in [-0.15, -0.1) is 11.3 Å². The van der Waals surface area contributed by atoms with Crippen LogP contribution < -0.4 is 0 Å². The second-order valence-electron chi connectivity index (χ2n) is 11.6. The van der Waals surface area contributed by atoms with Crippen molar-refractivity contribution < 1.29 is 0 Å². The van der Waals surface area contributed by atoms with E-state index in [4.69, 9.17) is 19.9 Å². The molecule has 0 spiro atoms. The van der Waals surface area contributed by atoms with Crippen LogP contribution in [0.3, 0.4) is 0 Å². The first-order valence-electron chi connectivity index (χ1n) is 15.9. The largest absolute Gasteiger partial charge is 0.264 e. The third-order valence-electron chi connectivity index (χ3n) is 8.51. The Labute approximate surface area is 286 Å². The number of nitrogens with zero attached hydrogens (tertiary/aromatic N) is 6. The van der Waals surface area contributed by atoms with Gasteiger partial charge in [0.15, 0.2) is 5.82 Å². The maximum atomic E-state index is 5.12. The molecule has 7 heteroatoms. The van der Waals surface area contributed by atoms with E-state index in [2.05, 4.69) is 76.7 Å². The normalized spacial score (nSPS) is 11.3. The van der Waals surface area contributed by atoms with Gasteiger partial charge in [-0.2, -0.15) is 0 Å².